The van der Waals surface area contributed by atoms with Gasteiger partial charge in [0.25, 0.3) is 5.91 Å². The van der Waals surface area contributed by atoms with Crippen LogP contribution in [0.25, 0.3) is 10.2 Å². The number of carbonyl (C=O) groups excluding carboxylic acids is 1. The van der Waals surface area contributed by atoms with Crippen molar-refractivity contribution in [2.75, 3.05) is 13.1 Å². The summed E-state index contributed by atoms with van der Waals surface area (Å²) in [5.41, 5.74) is 0. The lowest BCUT2D eigenvalue weighted by Gasteiger charge is -2.30. The van der Waals surface area contributed by atoms with Crippen LogP contribution in [0.5, 0.6) is 0 Å². The standard InChI is InChI=1S/C9H9N3OS/c13-9(12-2-1-3-12)7-4-6-5-10-11-8(6)14-7/h4-5H,1-3H2,(H,10,11). The second-order valence-electron chi connectivity index (χ2n) is 3.41. The Morgan fingerprint density at radius 1 is 1.57 bits per heavy atom. The van der Waals surface area contributed by atoms with E-state index in [0.717, 1.165) is 34.6 Å². The Morgan fingerprint density at radius 2 is 2.43 bits per heavy atom. The van der Waals surface area contributed by atoms with Crippen molar-refractivity contribution in [3.8, 4) is 0 Å². The number of aromatic amines is 1. The number of likely N-dealkylation sites (tertiary alicyclic amines) is 1. The van der Waals surface area contributed by atoms with Gasteiger partial charge in [0.1, 0.15) is 4.83 Å². The highest BCUT2D eigenvalue weighted by atomic mass is 32.1. The van der Waals surface area contributed by atoms with Crippen molar-refractivity contribution >= 4 is 27.5 Å². The van der Waals surface area contributed by atoms with Gasteiger partial charge in [-0.1, -0.05) is 0 Å². The maximum absolute atomic E-state index is 11.8. The van der Waals surface area contributed by atoms with E-state index in [1.54, 1.807) is 6.20 Å². The monoisotopic (exact) mass is 207 g/mol. The average molecular weight is 207 g/mol. The first-order valence-corrected chi connectivity index (χ1v) is 5.38. The van der Waals surface area contributed by atoms with Gasteiger partial charge >= 0.3 is 0 Å². The SMILES string of the molecule is O=C(c1cc2cn[nH]c2s1)N1CCC1. The molecule has 4 nitrogen and oxygen atoms in total. The third-order valence-electron chi connectivity index (χ3n) is 2.48. The van der Waals surface area contributed by atoms with E-state index in [0.29, 0.717) is 0 Å². The zero-order valence-electron chi connectivity index (χ0n) is 7.49. The second kappa shape index (κ2) is 2.81. The fourth-order valence-electron chi connectivity index (χ4n) is 1.53. The van der Waals surface area contributed by atoms with E-state index in [9.17, 15) is 4.79 Å². The number of hydrogen-bond acceptors (Lipinski definition) is 3. The number of carbonyl (C=O) groups is 1. The summed E-state index contributed by atoms with van der Waals surface area (Å²) in [6.07, 6.45) is 2.88. The summed E-state index contributed by atoms with van der Waals surface area (Å²) in [5, 5.41) is 7.80. The molecule has 2 aromatic rings. The molecule has 1 aliphatic heterocycles. The maximum Gasteiger partial charge on any atom is 0.264 e. The van der Waals surface area contributed by atoms with Crippen molar-refractivity contribution in [3.05, 3.63) is 17.1 Å². The van der Waals surface area contributed by atoms with Gasteiger partial charge in [0.05, 0.1) is 11.1 Å². The van der Waals surface area contributed by atoms with Gasteiger partial charge in [-0.2, -0.15) is 5.10 Å². The second-order valence-corrected chi connectivity index (χ2v) is 4.46. The minimum absolute atomic E-state index is 0.158. The molecule has 1 fully saturated rings. The predicted octanol–water partition coefficient (Wildman–Crippen LogP) is 1.47. The third kappa shape index (κ3) is 1.05. The van der Waals surface area contributed by atoms with Gasteiger partial charge in [0.15, 0.2) is 0 Å². The molecule has 1 N–H and O–H groups in total. The molecule has 0 unspecified atom stereocenters. The van der Waals surface area contributed by atoms with Crippen molar-refractivity contribution in [2.24, 2.45) is 0 Å². The van der Waals surface area contributed by atoms with Gasteiger partial charge in [-0.25, -0.2) is 0 Å². The molecule has 1 saturated heterocycles. The first-order chi connectivity index (χ1) is 6.84. The fourth-order valence-corrected chi connectivity index (χ4v) is 2.48. The average Bonchev–Trinajstić information content (AvgIpc) is 2.56. The van der Waals surface area contributed by atoms with E-state index >= 15 is 0 Å². The summed E-state index contributed by atoms with van der Waals surface area (Å²) in [4.78, 5) is 15.5. The minimum Gasteiger partial charge on any atom is -0.338 e. The van der Waals surface area contributed by atoms with Crippen LogP contribution in [0.15, 0.2) is 12.3 Å². The summed E-state index contributed by atoms with van der Waals surface area (Å²) in [7, 11) is 0. The topological polar surface area (TPSA) is 49.0 Å². The highest BCUT2D eigenvalue weighted by Crippen LogP contribution is 2.25. The molecule has 3 rings (SSSR count). The summed E-state index contributed by atoms with van der Waals surface area (Å²) in [6.45, 7) is 1.81. The van der Waals surface area contributed by atoms with Crippen LogP contribution in [-0.2, 0) is 0 Å². The van der Waals surface area contributed by atoms with Crippen LogP contribution in [0.3, 0.4) is 0 Å². The molecule has 0 aliphatic carbocycles. The van der Waals surface area contributed by atoms with Crippen molar-refractivity contribution in [2.45, 2.75) is 6.42 Å². The highest BCUT2D eigenvalue weighted by molar-refractivity contribution is 7.20. The smallest absolute Gasteiger partial charge is 0.264 e. The predicted molar refractivity (Wildman–Crippen MR) is 54.5 cm³/mol. The summed E-state index contributed by atoms with van der Waals surface area (Å²) < 4.78 is 0. The van der Waals surface area contributed by atoms with E-state index in [1.165, 1.54) is 11.3 Å². The first-order valence-electron chi connectivity index (χ1n) is 4.57. The number of nitrogens with zero attached hydrogens (tertiary/aromatic N) is 2. The summed E-state index contributed by atoms with van der Waals surface area (Å²) >= 11 is 1.48. The summed E-state index contributed by atoms with van der Waals surface area (Å²) in [5.74, 6) is 0.158. The van der Waals surface area contributed by atoms with Crippen LogP contribution in [-0.4, -0.2) is 34.1 Å². The Bertz CT molecular complexity index is 454. The zero-order chi connectivity index (χ0) is 9.54. The lowest BCUT2D eigenvalue weighted by molar-refractivity contribution is 0.0657. The number of H-pyrrole nitrogens is 1. The largest absolute Gasteiger partial charge is 0.338 e. The van der Waals surface area contributed by atoms with E-state index in [4.69, 9.17) is 0 Å². The van der Waals surface area contributed by atoms with Crippen LogP contribution in [0.2, 0.25) is 0 Å². The number of amides is 1. The Balaban J connectivity index is 1.96. The molecule has 2 aromatic heterocycles. The molecule has 0 spiro atoms. The number of rotatable bonds is 1. The number of nitrogens with one attached hydrogen (secondary N) is 1. The normalized spacial score (nSPS) is 15.9. The van der Waals surface area contributed by atoms with E-state index in [1.807, 2.05) is 11.0 Å². The van der Waals surface area contributed by atoms with Gasteiger partial charge in [-0.3, -0.25) is 9.89 Å². The number of hydrogen-bond donors (Lipinski definition) is 1. The van der Waals surface area contributed by atoms with Crippen LogP contribution in [0.1, 0.15) is 16.1 Å². The molecule has 5 heteroatoms. The molecule has 14 heavy (non-hydrogen) atoms. The highest BCUT2D eigenvalue weighted by Gasteiger charge is 2.23. The van der Waals surface area contributed by atoms with Gasteiger partial charge in [0, 0.05) is 18.5 Å². The Kier molecular flexibility index (Phi) is 1.61. The molecule has 0 aromatic carbocycles. The minimum atomic E-state index is 0.158. The number of thiophene rings is 1. The Labute approximate surface area is 84.5 Å². The maximum atomic E-state index is 11.8. The molecule has 0 bridgehead atoms. The number of aromatic nitrogens is 2. The first kappa shape index (κ1) is 7.99. The lowest BCUT2D eigenvalue weighted by Crippen LogP contribution is -2.41. The summed E-state index contributed by atoms with van der Waals surface area (Å²) in [6, 6.07) is 1.91. The molecule has 1 amide bonds. The van der Waals surface area contributed by atoms with Gasteiger partial charge in [-0.15, -0.1) is 11.3 Å². The molecule has 0 radical (unpaired) electrons. The molecular formula is C9H9N3OS. The molecule has 3 heterocycles. The van der Waals surface area contributed by atoms with Crippen molar-refractivity contribution < 1.29 is 4.79 Å². The van der Waals surface area contributed by atoms with Crippen LogP contribution in [0.4, 0.5) is 0 Å². The number of fused-ring (bicyclic) bond motifs is 1. The fraction of sp³-hybridized carbons (Fsp3) is 0.333. The van der Waals surface area contributed by atoms with Gasteiger partial charge in [-0.05, 0) is 12.5 Å². The van der Waals surface area contributed by atoms with E-state index in [-0.39, 0.29) is 5.91 Å². The van der Waals surface area contributed by atoms with Gasteiger partial charge in [0.2, 0.25) is 0 Å². The van der Waals surface area contributed by atoms with Crippen molar-refractivity contribution in [1.82, 2.24) is 15.1 Å². The Hall–Kier alpha value is -1.36. The van der Waals surface area contributed by atoms with Gasteiger partial charge < -0.3 is 4.90 Å². The van der Waals surface area contributed by atoms with E-state index < -0.39 is 0 Å². The molecule has 0 saturated carbocycles. The quantitative estimate of drug-likeness (QED) is 0.769. The van der Waals surface area contributed by atoms with Crippen LogP contribution in [0, 0.1) is 0 Å². The zero-order valence-corrected chi connectivity index (χ0v) is 8.30. The molecule has 1 aliphatic rings. The van der Waals surface area contributed by atoms with Crippen LogP contribution >= 0.6 is 11.3 Å². The van der Waals surface area contributed by atoms with Crippen molar-refractivity contribution in [1.29, 1.82) is 0 Å². The Morgan fingerprint density at radius 3 is 3.07 bits per heavy atom. The van der Waals surface area contributed by atoms with E-state index in [2.05, 4.69) is 10.2 Å². The lowest BCUT2D eigenvalue weighted by atomic mass is 10.2. The third-order valence-corrected chi connectivity index (χ3v) is 3.53. The van der Waals surface area contributed by atoms with Crippen LogP contribution < -0.4 is 0 Å². The molecular weight excluding hydrogens is 198 g/mol. The van der Waals surface area contributed by atoms with Crippen molar-refractivity contribution in [3.63, 3.8) is 0 Å². The molecule has 72 valence electrons. The molecule has 0 atom stereocenters.